The summed E-state index contributed by atoms with van der Waals surface area (Å²) in [6.07, 6.45) is 12.0. The fraction of sp³-hybridized carbons (Fsp3) is 0.610. The van der Waals surface area contributed by atoms with Crippen molar-refractivity contribution in [3.8, 4) is 0 Å². The number of likely N-dealkylation sites (tertiary alicyclic amines) is 1. The summed E-state index contributed by atoms with van der Waals surface area (Å²) in [5, 5.41) is 11.6. The lowest BCUT2D eigenvalue weighted by atomic mass is 9.82. The number of Topliss-reactive ketones (excluding diaryl/α,β-unsaturated/α-hetero) is 1. The van der Waals surface area contributed by atoms with Gasteiger partial charge in [0.05, 0.1) is 18.3 Å². The summed E-state index contributed by atoms with van der Waals surface area (Å²) < 4.78 is 0. The third kappa shape index (κ3) is 9.70. The van der Waals surface area contributed by atoms with E-state index in [1.165, 1.54) is 18.6 Å². The molecule has 13 heteroatoms. The molecule has 0 bridgehead atoms. The van der Waals surface area contributed by atoms with Crippen LogP contribution >= 0.6 is 0 Å². The third-order valence-corrected chi connectivity index (χ3v) is 11.4. The number of ketones is 1. The van der Waals surface area contributed by atoms with Gasteiger partial charge in [0.2, 0.25) is 23.5 Å². The van der Waals surface area contributed by atoms with Crippen molar-refractivity contribution in [2.45, 2.75) is 129 Å². The molecule has 54 heavy (non-hydrogen) atoms. The molecule has 4 N–H and O–H groups in total. The Labute approximate surface area is 318 Å². The van der Waals surface area contributed by atoms with Gasteiger partial charge >= 0.3 is 0 Å². The van der Waals surface area contributed by atoms with Gasteiger partial charge in [0.25, 0.3) is 11.8 Å². The van der Waals surface area contributed by atoms with E-state index in [-0.39, 0.29) is 35.8 Å². The number of hydrogen-bond acceptors (Lipinski definition) is 8. The van der Waals surface area contributed by atoms with Gasteiger partial charge in [-0.3, -0.25) is 33.8 Å². The van der Waals surface area contributed by atoms with E-state index in [0.717, 1.165) is 56.9 Å². The Hall–Kier alpha value is -4.68. The summed E-state index contributed by atoms with van der Waals surface area (Å²) in [5.74, 6) is -3.49. The van der Waals surface area contributed by atoms with Crippen molar-refractivity contribution in [2.75, 3.05) is 6.54 Å². The second-order valence-corrected chi connectivity index (χ2v) is 16.4. The molecule has 1 aliphatic heterocycles. The molecule has 2 saturated carbocycles. The number of fused-ring (bicyclic) bond motifs is 1. The number of nitrogens with one attached hydrogen (secondary N) is 4. The summed E-state index contributed by atoms with van der Waals surface area (Å²) in [4.78, 5) is 92.8. The number of carbonyl (C=O) groups excluding carboxylic acids is 6. The predicted octanol–water partition coefficient (Wildman–Crippen LogP) is 4.04. The van der Waals surface area contributed by atoms with Gasteiger partial charge in [0.1, 0.15) is 23.8 Å². The Bertz CT molecular complexity index is 1640. The number of rotatable bonds is 14. The quantitative estimate of drug-likeness (QED) is 0.209. The third-order valence-electron chi connectivity index (χ3n) is 11.4. The topological polar surface area (TPSA) is 180 Å². The number of hydrogen-bond donors (Lipinski definition) is 4. The first kappa shape index (κ1) is 40.5. The second kappa shape index (κ2) is 18.1. The molecule has 7 atom stereocenters. The molecule has 13 nitrogen and oxygen atoms in total. The fourth-order valence-corrected chi connectivity index (χ4v) is 8.48. The van der Waals surface area contributed by atoms with E-state index in [9.17, 15) is 28.8 Å². The Morgan fingerprint density at radius 3 is 2.24 bits per heavy atom. The van der Waals surface area contributed by atoms with E-state index >= 15 is 0 Å². The highest BCUT2D eigenvalue weighted by atomic mass is 16.2. The standard InChI is InChI=1S/C41H57N7O6/c1-6-14-30(34(49)39(53)44-25(2)26-15-9-7-10-16-26)45-38(52)33-29-20-13-19-28(29)24-48(33)40(54)35(41(3,4)5)47-37(51)32(27-17-11-8-12-18-27)46-36(50)31-23-42-21-22-43-31/h7,9-10,15-16,21-23,25,27-30,32-33,35H,6,8,11-14,17-20,24H2,1-5H3,(H,44,53)(H,45,52)(H,46,50)(H,47,51)/t25-,28?,29-,30-,32-,33-,35+/m0/s1. The molecular weight excluding hydrogens is 686 g/mol. The average Bonchev–Trinajstić information content (AvgIpc) is 3.77. The lowest BCUT2D eigenvalue weighted by molar-refractivity contribution is -0.146. The van der Waals surface area contributed by atoms with Crippen LogP contribution < -0.4 is 21.3 Å². The van der Waals surface area contributed by atoms with Crippen molar-refractivity contribution in [2.24, 2.45) is 23.2 Å². The van der Waals surface area contributed by atoms with E-state index in [1.807, 2.05) is 58.0 Å². The van der Waals surface area contributed by atoms with Crippen LogP contribution in [0.25, 0.3) is 0 Å². The molecule has 1 aromatic heterocycles. The Balaban J connectivity index is 1.34. The Morgan fingerprint density at radius 2 is 1.59 bits per heavy atom. The van der Waals surface area contributed by atoms with Crippen molar-refractivity contribution < 1.29 is 28.8 Å². The fourth-order valence-electron chi connectivity index (χ4n) is 8.48. The molecule has 1 saturated heterocycles. The molecule has 0 radical (unpaired) electrons. The zero-order valence-electron chi connectivity index (χ0n) is 32.3. The number of benzene rings is 1. The minimum absolute atomic E-state index is 0.0927. The molecule has 0 spiro atoms. The van der Waals surface area contributed by atoms with Gasteiger partial charge < -0.3 is 26.2 Å². The zero-order valence-corrected chi connectivity index (χ0v) is 32.3. The lowest BCUT2D eigenvalue weighted by Gasteiger charge is -2.38. The SMILES string of the molecule is CCC[C@H](NC(=O)[C@@H]1[C@H]2CCCC2CN1C(=O)[C@@H](NC(=O)[C@@H](NC(=O)c1cnccn1)C1CCCCC1)C(C)(C)C)C(=O)C(=O)N[C@@H](C)c1ccccc1. The van der Waals surface area contributed by atoms with Crippen molar-refractivity contribution in [1.82, 2.24) is 36.1 Å². The number of nitrogens with zero attached hydrogens (tertiary/aromatic N) is 3. The highest BCUT2D eigenvalue weighted by molar-refractivity contribution is 6.38. The molecule has 1 aromatic carbocycles. The van der Waals surface area contributed by atoms with Crippen molar-refractivity contribution in [1.29, 1.82) is 0 Å². The summed E-state index contributed by atoms with van der Waals surface area (Å²) in [5.41, 5.74) is 0.182. The molecule has 3 fully saturated rings. The first-order valence-electron chi connectivity index (χ1n) is 19.7. The van der Waals surface area contributed by atoms with Gasteiger partial charge in [-0.25, -0.2) is 4.98 Å². The first-order chi connectivity index (χ1) is 25.8. The molecule has 2 heterocycles. The van der Waals surface area contributed by atoms with Crippen LogP contribution in [0.4, 0.5) is 0 Å². The molecule has 1 unspecified atom stereocenters. The van der Waals surface area contributed by atoms with Gasteiger partial charge in [0, 0.05) is 18.9 Å². The van der Waals surface area contributed by atoms with E-state index in [4.69, 9.17) is 0 Å². The minimum Gasteiger partial charge on any atom is -0.344 e. The maximum absolute atomic E-state index is 14.7. The lowest BCUT2D eigenvalue weighted by Crippen LogP contribution is -2.62. The van der Waals surface area contributed by atoms with Crippen LogP contribution in [-0.4, -0.2) is 80.9 Å². The van der Waals surface area contributed by atoms with Gasteiger partial charge in [-0.15, -0.1) is 0 Å². The maximum Gasteiger partial charge on any atom is 0.290 e. The summed E-state index contributed by atoms with van der Waals surface area (Å²) in [7, 11) is 0. The van der Waals surface area contributed by atoms with Gasteiger partial charge in [-0.1, -0.05) is 90.1 Å². The zero-order chi connectivity index (χ0) is 39.0. The molecule has 3 aliphatic rings. The van der Waals surface area contributed by atoms with Crippen molar-refractivity contribution in [3.05, 3.63) is 60.2 Å². The minimum atomic E-state index is -1.06. The Kier molecular flexibility index (Phi) is 13.6. The summed E-state index contributed by atoms with van der Waals surface area (Å²) in [6, 6.07) is 5.06. The number of amides is 5. The normalized spacial score (nSPS) is 22.2. The molecule has 2 aliphatic carbocycles. The smallest absolute Gasteiger partial charge is 0.290 e. The van der Waals surface area contributed by atoms with Crippen LogP contribution in [0.3, 0.4) is 0 Å². The molecule has 292 valence electrons. The van der Waals surface area contributed by atoms with Gasteiger partial charge in [-0.2, -0.15) is 0 Å². The summed E-state index contributed by atoms with van der Waals surface area (Å²) in [6.45, 7) is 9.61. The van der Waals surface area contributed by atoms with Crippen LogP contribution in [0.1, 0.15) is 121 Å². The van der Waals surface area contributed by atoms with Crippen LogP contribution in [-0.2, 0) is 24.0 Å². The number of aromatic nitrogens is 2. The first-order valence-corrected chi connectivity index (χ1v) is 19.7. The van der Waals surface area contributed by atoms with Gasteiger partial charge in [0.15, 0.2) is 0 Å². The molecule has 5 amide bonds. The predicted molar refractivity (Wildman–Crippen MR) is 202 cm³/mol. The molecule has 5 rings (SSSR count). The van der Waals surface area contributed by atoms with Crippen LogP contribution in [0.15, 0.2) is 48.9 Å². The van der Waals surface area contributed by atoms with E-state index in [1.54, 1.807) is 11.8 Å². The monoisotopic (exact) mass is 743 g/mol. The van der Waals surface area contributed by atoms with E-state index < -0.39 is 65.0 Å². The van der Waals surface area contributed by atoms with E-state index in [0.29, 0.717) is 13.0 Å². The van der Waals surface area contributed by atoms with Crippen molar-refractivity contribution >= 4 is 35.3 Å². The highest BCUT2D eigenvalue weighted by Gasteiger charge is 2.52. The van der Waals surface area contributed by atoms with Gasteiger partial charge in [-0.05, 0) is 67.8 Å². The maximum atomic E-state index is 14.7. The molecular formula is C41H57N7O6. The number of carbonyl (C=O) groups is 6. The molecule has 2 aromatic rings. The van der Waals surface area contributed by atoms with Crippen molar-refractivity contribution in [3.63, 3.8) is 0 Å². The van der Waals surface area contributed by atoms with Crippen LogP contribution in [0.5, 0.6) is 0 Å². The largest absolute Gasteiger partial charge is 0.344 e. The average molecular weight is 744 g/mol. The summed E-state index contributed by atoms with van der Waals surface area (Å²) >= 11 is 0. The van der Waals surface area contributed by atoms with E-state index in [2.05, 4.69) is 31.2 Å². The second-order valence-electron chi connectivity index (χ2n) is 16.4. The van der Waals surface area contributed by atoms with Crippen LogP contribution in [0.2, 0.25) is 0 Å². The highest BCUT2D eigenvalue weighted by Crippen LogP contribution is 2.43. The Morgan fingerprint density at radius 1 is 0.870 bits per heavy atom. The van der Waals surface area contributed by atoms with Crippen LogP contribution in [0, 0.1) is 23.2 Å².